The van der Waals surface area contributed by atoms with E-state index in [0.717, 1.165) is 11.1 Å². The van der Waals surface area contributed by atoms with Crippen LogP contribution in [-0.4, -0.2) is 0 Å². The second-order valence-corrected chi connectivity index (χ2v) is 4.85. The van der Waals surface area contributed by atoms with Gasteiger partial charge in [-0.3, -0.25) is 0 Å². The molecule has 0 fully saturated rings. The Morgan fingerprint density at radius 3 is 2.50 bits per heavy atom. The fourth-order valence-corrected chi connectivity index (χ4v) is 2.36. The topological polar surface area (TPSA) is 39.4 Å². The molecule has 1 aromatic carbocycles. The van der Waals surface area contributed by atoms with Gasteiger partial charge in [0.05, 0.1) is 0 Å². The zero-order valence-electron chi connectivity index (χ0n) is 11.2. The molecule has 3 rings (SSSR count). The summed E-state index contributed by atoms with van der Waals surface area (Å²) in [6.45, 7) is 7.48. The van der Waals surface area contributed by atoms with E-state index in [2.05, 4.69) is 6.58 Å². The minimum atomic E-state index is -0.478. The normalized spacial score (nSPS) is 16.9. The summed E-state index contributed by atoms with van der Waals surface area (Å²) in [4.78, 5) is 12.0. The average Bonchev–Trinajstić information content (AvgIpc) is 2.76. The lowest BCUT2D eigenvalue weighted by molar-refractivity contribution is 0.279. The van der Waals surface area contributed by atoms with E-state index in [4.69, 9.17) is 9.15 Å². The first-order chi connectivity index (χ1) is 9.49. The van der Waals surface area contributed by atoms with Gasteiger partial charge in [0.15, 0.2) is 0 Å². The SMILES string of the molecule is C=C1c2c(c(C)c(C)oc2=O)OC1c1ccc(F)cc1. The molecular formula is C16H13FO3. The van der Waals surface area contributed by atoms with E-state index in [1.807, 2.05) is 6.92 Å². The Bertz CT molecular complexity index is 757. The highest BCUT2D eigenvalue weighted by molar-refractivity contribution is 5.77. The van der Waals surface area contributed by atoms with Crippen molar-refractivity contribution in [2.45, 2.75) is 20.0 Å². The molecule has 0 saturated carbocycles. The molecule has 102 valence electrons. The van der Waals surface area contributed by atoms with E-state index < -0.39 is 11.7 Å². The Labute approximate surface area is 115 Å². The minimum absolute atomic E-state index is 0.318. The average molecular weight is 272 g/mol. The van der Waals surface area contributed by atoms with Crippen LogP contribution in [0.5, 0.6) is 5.75 Å². The molecular weight excluding hydrogens is 259 g/mol. The van der Waals surface area contributed by atoms with E-state index >= 15 is 0 Å². The quantitative estimate of drug-likeness (QED) is 0.797. The smallest absolute Gasteiger partial charge is 0.347 e. The molecule has 1 unspecified atom stereocenters. The lowest BCUT2D eigenvalue weighted by Crippen LogP contribution is -2.06. The molecule has 3 nitrogen and oxygen atoms in total. The third-order valence-corrected chi connectivity index (χ3v) is 3.59. The summed E-state index contributed by atoms with van der Waals surface area (Å²) >= 11 is 0. The fourth-order valence-electron chi connectivity index (χ4n) is 2.36. The summed E-state index contributed by atoms with van der Waals surface area (Å²) in [7, 11) is 0. The predicted octanol–water partition coefficient (Wildman–Crippen LogP) is 3.54. The number of ether oxygens (including phenoxy) is 1. The first-order valence-electron chi connectivity index (χ1n) is 6.24. The summed E-state index contributed by atoms with van der Waals surface area (Å²) in [6.07, 6.45) is -0.478. The van der Waals surface area contributed by atoms with Gasteiger partial charge in [0.2, 0.25) is 0 Å². The Kier molecular flexibility index (Phi) is 2.74. The number of fused-ring (bicyclic) bond motifs is 1. The molecule has 0 radical (unpaired) electrons. The van der Waals surface area contributed by atoms with Crippen LogP contribution in [0.2, 0.25) is 0 Å². The summed E-state index contributed by atoms with van der Waals surface area (Å²) in [5.74, 6) is 0.723. The van der Waals surface area contributed by atoms with Crippen molar-refractivity contribution in [3.8, 4) is 5.75 Å². The molecule has 0 aliphatic carbocycles. The van der Waals surface area contributed by atoms with E-state index in [1.165, 1.54) is 12.1 Å². The standard InChI is InChI=1S/C16H13FO3/c1-8-10(3)19-16(18)13-9(2)14(20-15(8)13)11-4-6-12(17)7-5-11/h4-7,14H,2H2,1,3H3. The van der Waals surface area contributed by atoms with Crippen molar-refractivity contribution in [2.75, 3.05) is 0 Å². The van der Waals surface area contributed by atoms with Gasteiger partial charge >= 0.3 is 5.63 Å². The molecule has 1 aromatic heterocycles. The van der Waals surface area contributed by atoms with Crippen LogP contribution in [0, 0.1) is 19.7 Å². The van der Waals surface area contributed by atoms with Crippen LogP contribution in [-0.2, 0) is 0 Å². The number of halogens is 1. The molecule has 0 N–H and O–H groups in total. The monoisotopic (exact) mass is 272 g/mol. The van der Waals surface area contributed by atoms with Crippen LogP contribution in [0.4, 0.5) is 4.39 Å². The Morgan fingerprint density at radius 2 is 1.85 bits per heavy atom. The fraction of sp³-hybridized carbons (Fsp3) is 0.188. The van der Waals surface area contributed by atoms with Crippen LogP contribution in [0.15, 0.2) is 40.1 Å². The van der Waals surface area contributed by atoms with E-state index in [-0.39, 0.29) is 5.82 Å². The van der Waals surface area contributed by atoms with Gasteiger partial charge < -0.3 is 9.15 Å². The highest BCUT2D eigenvalue weighted by Gasteiger charge is 2.33. The molecule has 20 heavy (non-hydrogen) atoms. The maximum absolute atomic E-state index is 13.0. The molecule has 1 atom stereocenters. The predicted molar refractivity (Wildman–Crippen MR) is 73.3 cm³/mol. The van der Waals surface area contributed by atoms with Gasteiger partial charge in [-0.25, -0.2) is 9.18 Å². The lowest BCUT2D eigenvalue weighted by atomic mass is 9.99. The van der Waals surface area contributed by atoms with E-state index in [0.29, 0.717) is 22.6 Å². The molecule has 2 aromatic rings. The molecule has 0 saturated heterocycles. The van der Waals surface area contributed by atoms with Gasteiger partial charge in [0.25, 0.3) is 0 Å². The van der Waals surface area contributed by atoms with Gasteiger partial charge in [-0.2, -0.15) is 0 Å². The summed E-state index contributed by atoms with van der Waals surface area (Å²) in [5, 5.41) is 0. The third kappa shape index (κ3) is 1.76. The second-order valence-electron chi connectivity index (χ2n) is 4.85. The number of hydrogen-bond acceptors (Lipinski definition) is 3. The van der Waals surface area contributed by atoms with Crippen molar-refractivity contribution < 1.29 is 13.5 Å². The molecule has 4 heteroatoms. The largest absolute Gasteiger partial charge is 0.480 e. The number of rotatable bonds is 1. The Morgan fingerprint density at radius 1 is 1.20 bits per heavy atom. The molecule has 1 aliphatic rings. The maximum Gasteiger partial charge on any atom is 0.347 e. The van der Waals surface area contributed by atoms with Crippen LogP contribution in [0.3, 0.4) is 0 Å². The lowest BCUT2D eigenvalue weighted by Gasteiger charge is -2.12. The van der Waals surface area contributed by atoms with Crippen LogP contribution in [0.1, 0.15) is 28.6 Å². The van der Waals surface area contributed by atoms with Crippen molar-refractivity contribution in [1.82, 2.24) is 0 Å². The van der Waals surface area contributed by atoms with Crippen molar-refractivity contribution >= 4 is 5.57 Å². The van der Waals surface area contributed by atoms with Crippen molar-refractivity contribution in [1.29, 1.82) is 0 Å². The molecule has 1 aliphatic heterocycles. The first-order valence-corrected chi connectivity index (χ1v) is 6.24. The van der Waals surface area contributed by atoms with Crippen molar-refractivity contribution in [2.24, 2.45) is 0 Å². The van der Waals surface area contributed by atoms with Gasteiger partial charge in [-0.1, -0.05) is 18.7 Å². The van der Waals surface area contributed by atoms with Crippen LogP contribution >= 0.6 is 0 Å². The van der Waals surface area contributed by atoms with Crippen LogP contribution < -0.4 is 10.4 Å². The summed E-state index contributed by atoms with van der Waals surface area (Å²) in [6, 6.07) is 5.97. The van der Waals surface area contributed by atoms with Crippen LogP contribution in [0.25, 0.3) is 5.57 Å². The zero-order valence-corrected chi connectivity index (χ0v) is 11.2. The zero-order chi connectivity index (χ0) is 14.4. The number of benzene rings is 1. The van der Waals surface area contributed by atoms with Crippen molar-refractivity contribution in [3.05, 3.63) is 69.5 Å². The Balaban J connectivity index is 2.11. The Hall–Kier alpha value is -2.36. The van der Waals surface area contributed by atoms with Crippen molar-refractivity contribution in [3.63, 3.8) is 0 Å². The second kappa shape index (κ2) is 4.34. The van der Waals surface area contributed by atoms with Gasteiger partial charge in [-0.05, 0) is 31.5 Å². The van der Waals surface area contributed by atoms with E-state index in [1.54, 1.807) is 19.1 Å². The summed E-state index contributed by atoms with van der Waals surface area (Å²) in [5.41, 5.74) is 2.01. The summed E-state index contributed by atoms with van der Waals surface area (Å²) < 4.78 is 24.0. The van der Waals surface area contributed by atoms with Gasteiger partial charge in [0, 0.05) is 11.1 Å². The highest BCUT2D eigenvalue weighted by Crippen LogP contribution is 2.44. The number of hydrogen-bond donors (Lipinski definition) is 0. The molecule has 0 amide bonds. The third-order valence-electron chi connectivity index (χ3n) is 3.59. The minimum Gasteiger partial charge on any atom is -0.480 e. The molecule has 0 spiro atoms. The number of aryl methyl sites for hydroxylation is 1. The maximum atomic E-state index is 13.0. The van der Waals surface area contributed by atoms with Gasteiger partial charge in [-0.15, -0.1) is 0 Å². The molecule has 0 bridgehead atoms. The highest BCUT2D eigenvalue weighted by atomic mass is 19.1. The molecule has 2 heterocycles. The van der Waals surface area contributed by atoms with E-state index in [9.17, 15) is 9.18 Å². The van der Waals surface area contributed by atoms with Gasteiger partial charge in [0.1, 0.15) is 29.0 Å². The first kappa shape index (κ1) is 12.7.